The summed E-state index contributed by atoms with van der Waals surface area (Å²) in [6, 6.07) is 0. The summed E-state index contributed by atoms with van der Waals surface area (Å²) in [6.07, 6.45) is -7.40. The monoisotopic (exact) mass is 350 g/mol. The van der Waals surface area contributed by atoms with Crippen molar-refractivity contribution in [1.29, 1.82) is 0 Å². The molecule has 0 saturated carbocycles. The highest BCUT2D eigenvalue weighted by Crippen LogP contribution is 2.32. The van der Waals surface area contributed by atoms with E-state index in [2.05, 4.69) is 0 Å². The lowest BCUT2D eigenvalue weighted by Crippen LogP contribution is -2.62. The molecule has 2 fully saturated rings. The third kappa shape index (κ3) is 3.76. The summed E-state index contributed by atoms with van der Waals surface area (Å²) >= 11 is 0. The van der Waals surface area contributed by atoms with Crippen molar-refractivity contribution in [1.82, 2.24) is 0 Å². The lowest BCUT2D eigenvalue weighted by atomic mass is 9.89. The Hall–Kier alpha value is -0.320. The van der Waals surface area contributed by atoms with Gasteiger partial charge in [-0.15, -0.1) is 0 Å². The first-order chi connectivity index (χ1) is 11.3. The summed E-state index contributed by atoms with van der Waals surface area (Å²) in [6.45, 7) is 5.57. The topological polar surface area (TPSA) is 118 Å². The van der Waals surface area contributed by atoms with Crippen LogP contribution in [0.15, 0.2) is 0 Å². The first-order valence-electron chi connectivity index (χ1n) is 8.57. The molecule has 8 heteroatoms. The van der Waals surface area contributed by atoms with Crippen LogP contribution >= 0.6 is 0 Å². The van der Waals surface area contributed by atoms with Crippen LogP contribution in [0.2, 0.25) is 0 Å². The summed E-state index contributed by atoms with van der Waals surface area (Å²) in [5, 5.41) is 40.9. The zero-order chi connectivity index (χ0) is 18.0. The molecule has 2 saturated heterocycles. The molecule has 2 aliphatic rings. The number of rotatable bonds is 5. The van der Waals surface area contributed by atoms with Gasteiger partial charge in [0.25, 0.3) is 0 Å². The van der Waals surface area contributed by atoms with Crippen molar-refractivity contribution in [3.05, 3.63) is 0 Å². The fourth-order valence-electron chi connectivity index (χ4n) is 3.40. The third-order valence-electron chi connectivity index (χ3n) is 5.03. The minimum Gasteiger partial charge on any atom is -0.390 e. The second-order valence-electron chi connectivity index (χ2n) is 6.56. The van der Waals surface area contributed by atoms with Crippen LogP contribution in [0.3, 0.4) is 0 Å². The van der Waals surface area contributed by atoms with E-state index in [1.165, 1.54) is 7.11 Å². The van der Waals surface area contributed by atoms with Gasteiger partial charge in [-0.05, 0) is 12.8 Å². The molecule has 24 heavy (non-hydrogen) atoms. The van der Waals surface area contributed by atoms with Gasteiger partial charge >= 0.3 is 0 Å². The van der Waals surface area contributed by atoms with E-state index >= 15 is 0 Å². The number of aliphatic hydroxyl groups excluding tert-OH is 4. The van der Waals surface area contributed by atoms with Crippen LogP contribution in [0.25, 0.3) is 0 Å². The molecule has 10 atom stereocenters. The minimum atomic E-state index is -1.28. The van der Waals surface area contributed by atoms with Gasteiger partial charge in [0.05, 0.1) is 18.3 Å². The van der Waals surface area contributed by atoms with Gasteiger partial charge in [-0.3, -0.25) is 0 Å². The fraction of sp³-hybridized carbons (Fsp3) is 1.00. The molecule has 10 unspecified atom stereocenters. The predicted molar refractivity (Wildman–Crippen MR) is 83.0 cm³/mol. The van der Waals surface area contributed by atoms with Crippen molar-refractivity contribution in [3.8, 4) is 0 Å². The molecule has 0 bridgehead atoms. The minimum absolute atomic E-state index is 0.234. The molecule has 0 amide bonds. The van der Waals surface area contributed by atoms with Crippen LogP contribution in [0.1, 0.15) is 33.6 Å². The summed E-state index contributed by atoms with van der Waals surface area (Å²) < 4.78 is 22.1. The van der Waals surface area contributed by atoms with E-state index in [4.69, 9.17) is 18.9 Å². The molecule has 142 valence electrons. The first-order valence-corrected chi connectivity index (χ1v) is 8.57. The molecule has 8 nitrogen and oxygen atoms in total. The Bertz CT molecular complexity index is 390. The third-order valence-corrected chi connectivity index (χ3v) is 5.03. The lowest BCUT2D eigenvalue weighted by molar-refractivity contribution is -0.349. The molecular weight excluding hydrogens is 320 g/mol. The first kappa shape index (κ1) is 20.0. The molecule has 0 spiro atoms. The van der Waals surface area contributed by atoms with Crippen LogP contribution in [0, 0.1) is 5.92 Å². The van der Waals surface area contributed by atoms with E-state index in [0.29, 0.717) is 12.8 Å². The maximum Gasteiger partial charge on any atom is 0.186 e. The van der Waals surface area contributed by atoms with E-state index in [1.54, 1.807) is 6.92 Å². The molecule has 0 aromatic carbocycles. The average molecular weight is 350 g/mol. The largest absolute Gasteiger partial charge is 0.390 e. The van der Waals surface area contributed by atoms with Crippen LogP contribution < -0.4 is 0 Å². The molecule has 2 rings (SSSR count). The van der Waals surface area contributed by atoms with Crippen molar-refractivity contribution in [2.24, 2.45) is 5.92 Å². The Kier molecular flexibility index (Phi) is 6.98. The smallest absolute Gasteiger partial charge is 0.186 e. The van der Waals surface area contributed by atoms with Gasteiger partial charge in [-0.25, -0.2) is 0 Å². The highest BCUT2D eigenvalue weighted by molar-refractivity contribution is 4.92. The van der Waals surface area contributed by atoms with E-state index < -0.39 is 49.2 Å². The number of ether oxygens (including phenoxy) is 4. The van der Waals surface area contributed by atoms with E-state index in [-0.39, 0.29) is 12.0 Å². The Morgan fingerprint density at radius 3 is 1.88 bits per heavy atom. The number of hydrogen-bond donors (Lipinski definition) is 4. The van der Waals surface area contributed by atoms with E-state index in [9.17, 15) is 20.4 Å². The SMILES string of the molecule is CCC1OC(OC2C(CC)OC(OC)C(O)C2O)C(O)C(O)C1C. The molecule has 2 aliphatic heterocycles. The zero-order valence-electron chi connectivity index (χ0n) is 14.6. The van der Waals surface area contributed by atoms with Gasteiger partial charge in [-0.2, -0.15) is 0 Å². The average Bonchev–Trinajstić information content (AvgIpc) is 2.59. The summed E-state index contributed by atoms with van der Waals surface area (Å²) in [4.78, 5) is 0. The molecular formula is C16H30O8. The number of hydrogen-bond acceptors (Lipinski definition) is 8. The maximum absolute atomic E-state index is 10.4. The number of aliphatic hydroxyl groups is 4. The van der Waals surface area contributed by atoms with Crippen LogP contribution in [0.4, 0.5) is 0 Å². The van der Waals surface area contributed by atoms with Crippen molar-refractivity contribution in [2.75, 3.05) is 7.11 Å². The quantitative estimate of drug-likeness (QED) is 0.518. The second-order valence-corrected chi connectivity index (χ2v) is 6.56. The van der Waals surface area contributed by atoms with Crippen molar-refractivity contribution in [2.45, 2.75) is 88.9 Å². The Balaban J connectivity index is 2.12. The maximum atomic E-state index is 10.4. The molecule has 0 aromatic rings. The standard InChI is InChI=1S/C16H30O8/c1-5-8-7(3)10(17)12(19)16(22-8)24-14-9(6-2)23-15(21-4)13(20)11(14)18/h7-20H,5-6H2,1-4H3. The molecule has 0 aliphatic carbocycles. The summed E-state index contributed by atoms with van der Waals surface area (Å²) in [7, 11) is 1.38. The van der Waals surface area contributed by atoms with Crippen LogP contribution in [-0.2, 0) is 18.9 Å². The molecule has 0 radical (unpaired) electrons. The van der Waals surface area contributed by atoms with E-state index in [0.717, 1.165) is 0 Å². The molecule has 0 aromatic heterocycles. The van der Waals surface area contributed by atoms with Crippen molar-refractivity contribution >= 4 is 0 Å². The lowest BCUT2D eigenvalue weighted by Gasteiger charge is -2.46. The highest BCUT2D eigenvalue weighted by atomic mass is 16.7. The summed E-state index contributed by atoms with van der Waals surface area (Å²) in [5.41, 5.74) is 0. The van der Waals surface area contributed by atoms with Crippen molar-refractivity contribution < 1.29 is 39.4 Å². The van der Waals surface area contributed by atoms with Crippen LogP contribution in [-0.4, -0.2) is 82.8 Å². The van der Waals surface area contributed by atoms with Gasteiger partial charge in [0.2, 0.25) is 0 Å². The van der Waals surface area contributed by atoms with Crippen molar-refractivity contribution in [3.63, 3.8) is 0 Å². The van der Waals surface area contributed by atoms with Gasteiger partial charge in [-0.1, -0.05) is 20.8 Å². The predicted octanol–water partition coefficient (Wildman–Crippen LogP) is -0.632. The zero-order valence-corrected chi connectivity index (χ0v) is 14.6. The molecule has 4 N–H and O–H groups in total. The fourth-order valence-corrected chi connectivity index (χ4v) is 3.40. The van der Waals surface area contributed by atoms with Crippen LogP contribution in [0.5, 0.6) is 0 Å². The number of methoxy groups -OCH3 is 1. The van der Waals surface area contributed by atoms with Gasteiger partial charge < -0.3 is 39.4 Å². The molecule has 2 heterocycles. The van der Waals surface area contributed by atoms with Gasteiger partial charge in [0.1, 0.15) is 24.4 Å². The Labute approximate surface area is 142 Å². The Morgan fingerprint density at radius 1 is 0.792 bits per heavy atom. The second kappa shape index (κ2) is 8.37. The van der Waals surface area contributed by atoms with Gasteiger partial charge in [0, 0.05) is 13.0 Å². The van der Waals surface area contributed by atoms with Gasteiger partial charge in [0.15, 0.2) is 12.6 Å². The normalized spacial score (nSPS) is 50.0. The van der Waals surface area contributed by atoms with E-state index in [1.807, 2.05) is 13.8 Å². The Morgan fingerprint density at radius 2 is 1.33 bits per heavy atom. The highest BCUT2D eigenvalue weighted by Gasteiger charge is 2.49. The summed E-state index contributed by atoms with van der Waals surface area (Å²) in [5.74, 6) is -0.234.